The van der Waals surface area contributed by atoms with Gasteiger partial charge in [0.1, 0.15) is 11.6 Å². The molecule has 0 radical (unpaired) electrons. The molecule has 1 aromatic heterocycles. The number of rotatable bonds is 4. The van der Waals surface area contributed by atoms with Crippen LogP contribution in [0.15, 0.2) is 11.0 Å². The van der Waals surface area contributed by atoms with Gasteiger partial charge in [0.05, 0.1) is 11.9 Å². The summed E-state index contributed by atoms with van der Waals surface area (Å²) in [6, 6.07) is 0. The van der Waals surface area contributed by atoms with Crippen molar-refractivity contribution in [3.63, 3.8) is 0 Å². The topological polar surface area (TPSA) is 64.2 Å². The molecule has 0 saturated heterocycles. The van der Waals surface area contributed by atoms with Gasteiger partial charge in [0.15, 0.2) is 0 Å². The summed E-state index contributed by atoms with van der Waals surface area (Å²) in [7, 11) is 1.61. The Kier molecular flexibility index (Phi) is 4.58. The van der Waals surface area contributed by atoms with Crippen molar-refractivity contribution in [1.29, 1.82) is 0 Å². The third-order valence-electron chi connectivity index (χ3n) is 2.17. The first-order valence-electron chi connectivity index (χ1n) is 5.00. The molecule has 5 nitrogen and oxygen atoms in total. The van der Waals surface area contributed by atoms with Gasteiger partial charge in [0, 0.05) is 20.1 Å². The molecule has 1 aromatic rings. The molecule has 102 valence electrons. The van der Waals surface area contributed by atoms with Gasteiger partial charge >= 0.3 is 6.18 Å². The van der Waals surface area contributed by atoms with Gasteiger partial charge in [-0.2, -0.15) is 18.3 Å². The minimum absolute atomic E-state index is 0.255. The fourth-order valence-corrected chi connectivity index (χ4v) is 1.61. The molecule has 0 aromatic carbocycles. The average molecular weight is 285 g/mol. The van der Waals surface area contributed by atoms with Crippen LogP contribution in [0.2, 0.25) is 5.02 Å². The molecule has 1 heterocycles. The molecule has 0 amide bonds. The molecule has 0 spiro atoms. The highest BCUT2D eigenvalue weighted by Gasteiger charge is 2.29. The van der Waals surface area contributed by atoms with E-state index in [2.05, 4.69) is 5.10 Å². The minimum atomic E-state index is -4.52. The van der Waals surface area contributed by atoms with E-state index in [1.807, 2.05) is 0 Å². The SMILES string of the molecule is CN(CCN)c1cnn(CC(F)(F)F)c(=O)c1Cl. The van der Waals surface area contributed by atoms with Crippen molar-refractivity contribution in [3.05, 3.63) is 21.6 Å². The van der Waals surface area contributed by atoms with Crippen LogP contribution in [0.1, 0.15) is 0 Å². The van der Waals surface area contributed by atoms with E-state index in [4.69, 9.17) is 17.3 Å². The van der Waals surface area contributed by atoms with Gasteiger partial charge < -0.3 is 10.6 Å². The Morgan fingerprint density at radius 1 is 1.56 bits per heavy atom. The number of anilines is 1. The summed E-state index contributed by atoms with van der Waals surface area (Å²) in [5.41, 5.74) is 4.61. The van der Waals surface area contributed by atoms with E-state index in [1.54, 1.807) is 11.9 Å². The number of hydrogen-bond acceptors (Lipinski definition) is 4. The number of likely N-dealkylation sites (N-methyl/N-ethyl adjacent to an activating group) is 1. The lowest BCUT2D eigenvalue weighted by atomic mass is 10.4. The normalized spacial score (nSPS) is 11.7. The molecule has 0 aliphatic rings. The van der Waals surface area contributed by atoms with Crippen LogP contribution in [0, 0.1) is 0 Å². The molecule has 0 aliphatic heterocycles. The molecule has 18 heavy (non-hydrogen) atoms. The maximum Gasteiger partial charge on any atom is 0.408 e. The fourth-order valence-electron chi connectivity index (χ4n) is 1.32. The number of hydrogen-bond donors (Lipinski definition) is 1. The molecule has 1 rings (SSSR count). The Bertz CT molecular complexity index is 474. The van der Waals surface area contributed by atoms with Crippen LogP contribution in [0.4, 0.5) is 18.9 Å². The highest BCUT2D eigenvalue weighted by molar-refractivity contribution is 6.33. The number of aromatic nitrogens is 2. The number of nitrogens with two attached hydrogens (primary N) is 1. The first-order chi connectivity index (χ1) is 8.26. The maximum atomic E-state index is 12.2. The highest BCUT2D eigenvalue weighted by atomic mass is 35.5. The van der Waals surface area contributed by atoms with Crippen molar-refractivity contribution < 1.29 is 13.2 Å². The van der Waals surface area contributed by atoms with Crippen molar-refractivity contribution in [2.45, 2.75) is 12.7 Å². The Morgan fingerprint density at radius 3 is 2.67 bits per heavy atom. The van der Waals surface area contributed by atoms with E-state index in [9.17, 15) is 18.0 Å². The van der Waals surface area contributed by atoms with Crippen molar-refractivity contribution in [1.82, 2.24) is 9.78 Å². The minimum Gasteiger partial charge on any atom is -0.371 e. The molecule has 0 saturated carbocycles. The van der Waals surface area contributed by atoms with E-state index in [0.29, 0.717) is 13.1 Å². The zero-order chi connectivity index (χ0) is 13.9. The monoisotopic (exact) mass is 284 g/mol. The molecule has 0 bridgehead atoms. The van der Waals surface area contributed by atoms with Crippen LogP contribution in [-0.2, 0) is 6.54 Å². The summed E-state index contributed by atoms with van der Waals surface area (Å²) in [5, 5.41) is 3.14. The molecular formula is C9H12ClF3N4O. The predicted molar refractivity (Wildman–Crippen MR) is 61.9 cm³/mol. The zero-order valence-electron chi connectivity index (χ0n) is 9.54. The number of halogens is 4. The van der Waals surface area contributed by atoms with Crippen molar-refractivity contribution in [2.75, 3.05) is 25.0 Å². The first-order valence-corrected chi connectivity index (χ1v) is 5.37. The second-order valence-corrected chi connectivity index (χ2v) is 4.01. The lowest BCUT2D eigenvalue weighted by Crippen LogP contribution is -2.33. The van der Waals surface area contributed by atoms with Crippen molar-refractivity contribution in [2.24, 2.45) is 5.73 Å². The number of nitrogens with zero attached hydrogens (tertiary/aromatic N) is 3. The van der Waals surface area contributed by atoms with E-state index >= 15 is 0 Å². The van der Waals surface area contributed by atoms with Crippen LogP contribution in [-0.4, -0.2) is 36.1 Å². The maximum absolute atomic E-state index is 12.2. The third kappa shape index (κ3) is 3.61. The Morgan fingerprint density at radius 2 is 2.17 bits per heavy atom. The quantitative estimate of drug-likeness (QED) is 0.890. The third-order valence-corrected chi connectivity index (χ3v) is 2.53. The van der Waals surface area contributed by atoms with E-state index in [1.165, 1.54) is 0 Å². The molecular weight excluding hydrogens is 273 g/mol. The van der Waals surface area contributed by atoms with Crippen molar-refractivity contribution >= 4 is 17.3 Å². The summed E-state index contributed by atoms with van der Waals surface area (Å²) in [4.78, 5) is 13.1. The fraction of sp³-hybridized carbons (Fsp3) is 0.556. The van der Waals surface area contributed by atoms with Gasteiger partial charge in [0.25, 0.3) is 5.56 Å². The van der Waals surface area contributed by atoms with Gasteiger partial charge in [-0.3, -0.25) is 4.79 Å². The predicted octanol–water partition coefficient (Wildman–Crippen LogP) is 0.854. The molecule has 0 unspecified atom stereocenters. The largest absolute Gasteiger partial charge is 0.408 e. The smallest absolute Gasteiger partial charge is 0.371 e. The van der Waals surface area contributed by atoms with Crippen LogP contribution in [0.3, 0.4) is 0 Å². The highest BCUT2D eigenvalue weighted by Crippen LogP contribution is 2.21. The second-order valence-electron chi connectivity index (χ2n) is 3.63. The Balaban J connectivity index is 3.09. The molecule has 9 heteroatoms. The van der Waals surface area contributed by atoms with E-state index < -0.39 is 18.3 Å². The van der Waals surface area contributed by atoms with Crippen LogP contribution < -0.4 is 16.2 Å². The Hall–Kier alpha value is -1.28. The van der Waals surface area contributed by atoms with Gasteiger partial charge in [-0.15, -0.1) is 0 Å². The first kappa shape index (κ1) is 14.8. The summed E-state index contributed by atoms with van der Waals surface area (Å²) >= 11 is 5.73. The molecule has 2 N–H and O–H groups in total. The van der Waals surface area contributed by atoms with Gasteiger partial charge in [-0.25, -0.2) is 4.68 Å². The lowest BCUT2D eigenvalue weighted by molar-refractivity contribution is -0.143. The van der Waals surface area contributed by atoms with Gasteiger partial charge in [-0.05, 0) is 0 Å². The van der Waals surface area contributed by atoms with Crippen molar-refractivity contribution in [3.8, 4) is 0 Å². The zero-order valence-corrected chi connectivity index (χ0v) is 10.3. The second kappa shape index (κ2) is 5.57. The summed E-state index contributed by atoms with van der Waals surface area (Å²) in [5.74, 6) is 0. The lowest BCUT2D eigenvalue weighted by Gasteiger charge is -2.19. The van der Waals surface area contributed by atoms with Crippen LogP contribution in [0.5, 0.6) is 0 Å². The van der Waals surface area contributed by atoms with Gasteiger partial charge in [-0.1, -0.05) is 11.6 Å². The molecule has 0 aliphatic carbocycles. The Labute approximate surface area is 106 Å². The standard InChI is InChI=1S/C9H12ClF3N4O/c1-16(3-2-14)6-4-15-17(5-9(11,12)13)8(18)7(6)10/h4H,2-3,5,14H2,1H3. The van der Waals surface area contributed by atoms with E-state index in [-0.39, 0.29) is 15.4 Å². The van der Waals surface area contributed by atoms with E-state index in [0.717, 1.165) is 6.20 Å². The van der Waals surface area contributed by atoms with Crippen LogP contribution >= 0.6 is 11.6 Å². The van der Waals surface area contributed by atoms with Crippen LogP contribution in [0.25, 0.3) is 0 Å². The summed E-state index contributed by atoms with van der Waals surface area (Å²) < 4.78 is 36.8. The summed E-state index contributed by atoms with van der Waals surface area (Å²) in [6.45, 7) is -0.741. The summed E-state index contributed by atoms with van der Waals surface area (Å²) in [6.07, 6.45) is -3.41. The number of alkyl halides is 3. The molecule has 0 atom stereocenters. The van der Waals surface area contributed by atoms with Gasteiger partial charge in [0.2, 0.25) is 0 Å². The average Bonchev–Trinajstić information content (AvgIpc) is 2.23. The molecule has 0 fully saturated rings.